The molecule has 1 heterocycles. The number of para-hydroxylation sites is 1. The van der Waals surface area contributed by atoms with Gasteiger partial charge in [-0.25, -0.2) is 8.42 Å². The normalized spacial score (nSPS) is 11.6. The van der Waals surface area contributed by atoms with Crippen LogP contribution in [0, 0.1) is 13.8 Å². The first kappa shape index (κ1) is 15.6. The Balaban J connectivity index is 2.55. The average molecular weight is 308 g/mol. The predicted molar refractivity (Wildman–Crippen MR) is 82.7 cm³/mol. The van der Waals surface area contributed by atoms with Gasteiger partial charge in [0.1, 0.15) is 16.4 Å². The molecule has 0 radical (unpaired) electrons. The largest absolute Gasteiger partial charge is 0.464 e. The van der Waals surface area contributed by atoms with E-state index in [0.29, 0.717) is 23.8 Å². The van der Waals surface area contributed by atoms with E-state index in [1.807, 2.05) is 32.0 Å². The lowest BCUT2D eigenvalue weighted by Crippen LogP contribution is -2.31. The van der Waals surface area contributed by atoms with Crippen molar-refractivity contribution in [3.05, 3.63) is 47.4 Å². The van der Waals surface area contributed by atoms with Gasteiger partial charge in [0.25, 0.3) is 10.0 Å². The van der Waals surface area contributed by atoms with Crippen LogP contribution in [0.15, 0.2) is 39.6 Å². The maximum atomic E-state index is 12.9. The molecule has 5 nitrogen and oxygen atoms in total. The Morgan fingerprint density at radius 2 is 1.90 bits per heavy atom. The van der Waals surface area contributed by atoms with Crippen LogP contribution in [0.1, 0.15) is 24.0 Å². The molecule has 6 heteroatoms. The third-order valence-electron chi connectivity index (χ3n) is 3.36. The SMILES string of the molecule is CCN(c1ccccc1C)S(=O)(=O)c1cc(CN)oc1C. The van der Waals surface area contributed by atoms with Gasteiger partial charge in [0.05, 0.1) is 12.2 Å². The van der Waals surface area contributed by atoms with Crippen molar-refractivity contribution in [2.45, 2.75) is 32.2 Å². The van der Waals surface area contributed by atoms with Crippen LogP contribution in [0.4, 0.5) is 5.69 Å². The van der Waals surface area contributed by atoms with Crippen LogP contribution in [0.3, 0.4) is 0 Å². The van der Waals surface area contributed by atoms with Crippen molar-refractivity contribution in [2.24, 2.45) is 5.73 Å². The fourth-order valence-corrected chi connectivity index (χ4v) is 4.04. The number of rotatable bonds is 5. The van der Waals surface area contributed by atoms with Gasteiger partial charge >= 0.3 is 0 Å². The van der Waals surface area contributed by atoms with E-state index in [2.05, 4.69) is 0 Å². The minimum absolute atomic E-state index is 0.173. The molecule has 114 valence electrons. The van der Waals surface area contributed by atoms with Gasteiger partial charge in [0.15, 0.2) is 0 Å². The van der Waals surface area contributed by atoms with Gasteiger partial charge in [-0.15, -0.1) is 0 Å². The van der Waals surface area contributed by atoms with Crippen molar-refractivity contribution in [1.82, 2.24) is 0 Å². The van der Waals surface area contributed by atoms with Crippen molar-refractivity contribution >= 4 is 15.7 Å². The van der Waals surface area contributed by atoms with E-state index in [1.54, 1.807) is 13.0 Å². The van der Waals surface area contributed by atoms with Crippen LogP contribution in [0.2, 0.25) is 0 Å². The molecule has 0 saturated heterocycles. The zero-order chi connectivity index (χ0) is 15.6. The predicted octanol–water partition coefficient (Wildman–Crippen LogP) is 2.57. The number of nitrogens with zero attached hydrogens (tertiary/aromatic N) is 1. The molecule has 2 N–H and O–H groups in total. The smallest absolute Gasteiger partial charge is 0.267 e. The van der Waals surface area contributed by atoms with Crippen LogP contribution >= 0.6 is 0 Å². The molecule has 0 atom stereocenters. The molecular weight excluding hydrogens is 288 g/mol. The Morgan fingerprint density at radius 3 is 2.43 bits per heavy atom. The second kappa shape index (κ2) is 5.91. The number of furan rings is 1. The van der Waals surface area contributed by atoms with Gasteiger partial charge < -0.3 is 10.2 Å². The number of sulfonamides is 1. The fraction of sp³-hybridized carbons (Fsp3) is 0.333. The molecule has 0 bridgehead atoms. The molecule has 1 aromatic heterocycles. The monoisotopic (exact) mass is 308 g/mol. The highest BCUT2D eigenvalue weighted by molar-refractivity contribution is 7.92. The first-order valence-corrected chi connectivity index (χ1v) is 8.23. The topological polar surface area (TPSA) is 76.5 Å². The summed E-state index contributed by atoms with van der Waals surface area (Å²) < 4.78 is 32.6. The summed E-state index contributed by atoms with van der Waals surface area (Å²) >= 11 is 0. The van der Waals surface area contributed by atoms with Crippen LogP contribution < -0.4 is 10.0 Å². The molecule has 0 spiro atoms. The Kier molecular flexibility index (Phi) is 4.39. The maximum absolute atomic E-state index is 12.9. The van der Waals surface area contributed by atoms with E-state index in [-0.39, 0.29) is 11.4 Å². The molecule has 2 aromatic rings. The third-order valence-corrected chi connectivity index (χ3v) is 5.36. The molecule has 2 rings (SSSR count). The van der Waals surface area contributed by atoms with Crippen molar-refractivity contribution in [2.75, 3.05) is 10.8 Å². The van der Waals surface area contributed by atoms with Gasteiger partial charge in [0, 0.05) is 12.6 Å². The molecule has 21 heavy (non-hydrogen) atoms. The quantitative estimate of drug-likeness (QED) is 0.921. The van der Waals surface area contributed by atoms with E-state index in [9.17, 15) is 8.42 Å². The summed E-state index contributed by atoms with van der Waals surface area (Å²) in [6.07, 6.45) is 0. The third kappa shape index (κ3) is 2.82. The van der Waals surface area contributed by atoms with Crippen molar-refractivity contribution in [3.8, 4) is 0 Å². The minimum Gasteiger partial charge on any atom is -0.464 e. The summed E-state index contributed by atoms with van der Waals surface area (Å²) in [7, 11) is -3.66. The maximum Gasteiger partial charge on any atom is 0.267 e. The van der Waals surface area contributed by atoms with Crippen molar-refractivity contribution in [3.63, 3.8) is 0 Å². The number of hydrogen-bond donors (Lipinski definition) is 1. The zero-order valence-corrected chi connectivity index (χ0v) is 13.3. The summed E-state index contributed by atoms with van der Waals surface area (Å²) in [5, 5.41) is 0. The molecule has 0 aliphatic carbocycles. The Labute approximate surface area is 125 Å². The first-order chi connectivity index (χ1) is 9.91. The lowest BCUT2D eigenvalue weighted by molar-refractivity contribution is 0.479. The number of anilines is 1. The molecule has 0 amide bonds. The lowest BCUT2D eigenvalue weighted by Gasteiger charge is -2.24. The van der Waals surface area contributed by atoms with E-state index in [0.717, 1.165) is 5.56 Å². The summed E-state index contributed by atoms with van der Waals surface area (Å²) in [4.78, 5) is 0.174. The summed E-state index contributed by atoms with van der Waals surface area (Å²) in [5.41, 5.74) is 7.10. The molecule has 0 fully saturated rings. The second-order valence-corrected chi connectivity index (χ2v) is 6.62. The molecule has 0 aliphatic rings. The Bertz CT molecular complexity index is 735. The highest BCUT2D eigenvalue weighted by Gasteiger charge is 2.28. The van der Waals surface area contributed by atoms with E-state index in [1.165, 1.54) is 10.4 Å². The molecular formula is C15H20N2O3S. The van der Waals surface area contributed by atoms with Crippen molar-refractivity contribution < 1.29 is 12.8 Å². The molecule has 0 unspecified atom stereocenters. The average Bonchev–Trinajstić information content (AvgIpc) is 2.83. The van der Waals surface area contributed by atoms with E-state index in [4.69, 9.17) is 10.2 Å². The molecule has 0 saturated carbocycles. The van der Waals surface area contributed by atoms with Crippen molar-refractivity contribution in [1.29, 1.82) is 0 Å². The Hall–Kier alpha value is -1.79. The minimum atomic E-state index is -3.66. The van der Waals surface area contributed by atoms with Crippen LogP contribution in [0.5, 0.6) is 0 Å². The van der Waals surface area contributed by atoms with Gasteiger partial charge in [-0.1, -0.05) is 18.2 Å². The summed E-state index contributed by atoms with van der Waals surface area (Å²) in [5.74, 6) is 0.828. The van der Waals surface area contributed by atoms with Gasteiger partial charge in [-0.2, -0.15) is 0 Å². The Morgan fingerprint density at radius 1 is 1.24 bits per heavy atom. The zero-order valence-electron chi connectivity index (χ0n) is 12.5. The molecule has 0 aliphatic heterocycles. The highest BCUT2D eigenvalue weighted by atomic mass is 32.2. The van der Waals surface area contributed by atoms with E-state index >= 15 is 0 Å². The number of aryl methyl sites for hydroxylation is 2. The first-order valence-electron chi connectivity index (χ1n) is 6.79. The number of hydrogen-bond acceptors (Lipinski definition) is 4. The van der Waals surface area contributed by atoms with Gasteiger partial charge in [-0.3, -0.25) is 4.31 Å². The summed E-state index contributed by atoms with van der Waals surface area (Å²) in [6, 6.07) is 8.91. The van der Waals surface area contributed by atoms with Crippen LogP contribution in [0.25, 0.3) is 0 Å². The van der Waals surface area contributed by atoms with Gasteiger partial charge in [-0.05, 0) is 32.4 Å². The standard InChI is InChI=1S/C15H20N2O3S/c1-4-17(14-8-6-5-7-11(14)2)21(18,19)15-9-13(10-16)20-12(15)3/h5-9H,4,10,16H2,1-3H3. The number of benzene rings is 1. The summed E-state index contributed by atoms with van der Waals surface area (Å²) in [6.45, 7) is 5.85. The second-order valence-electron chi connectivity index (χ2n) is 4.79. The number of nitrogens with two attached hydrogens (primary N) is 1. The lowest BCUT2D eigenvalue weighted by atomic mass is 10.2. The van der Waals surface area contributed by atoms with Gasteiger partial charge in [0.2, 0.25) is 0 Å². The fourth-order valence-electron chi connectivity index (χ4n) is 2.31. The van der Waals surface area contributed by atoms with Crippen LogP contribution in [-0.2, 0) is 16.6 Å². The molecule has 1 aromatic carbocycles. The van der Waals surface area contributed by atoms with E-state index < -0.39 is 10.0 Å². The highest BCUT2D eigenvalue weighted by Crippen LogP contribution is 2.29. The van der Waals surface area contributed by atoms with Crippen LogP contribution in [-0.4, -0.2) is 15.0 Å².